The minimum Gasteiger partial charge on any atom is -0.335 e. The molecule has 7 nitrogen and oxygen atoms in total. The first-order chi connectivity index (χ1) is 11.0. The van der Waals surface area contributed by atoms with E-state index in [9.17, 15) is 9.59 Å². The summed E-state index contributed by atoms with van der Waals surface area (Å²) in [5, 5.41) is 8.88. The minimum atomic E-state index is -0.193. The Labute approximate surface area is 138 Å². The van der Waals surface area contributed by atoms with Gasteiger partial charge in [-0.2, -0.15) is 5.10 Å². The second kappa shape index (κ2) is 6.51. The summed E-state index contributed by atoms with van der Waals surface area (Å²) in [6.07, 6.45) is 0. The normalized spacial score (nSPS) is 15.7. The number of likely N-dealkylation sites (N-methyl/N-ethyl adjacent to an activating group) is 1. The molecule has 0 aliphatic carbocycles. The first-order valence-corrected chi connectivity index (χ1v) is 8.29. The van der Waals surface area contributed by atoms with Crippen LogP contribution in [-0.4, -0.2) is 64.6 Å². The molecule has 1 fully saturated rings. The van der Waals surface area contributed by atoms with Gasteiger partial charge in [-0.25, -0.2) is 0 Å². The maximum Gasteiger partial charge on any atom is 0.274 e. The summed E-state index contributed by atoms with van der Waals surface area (Å²) in [5.41, 5.74) is 0.360. The molecule has 0 atom stereocenters. The maximum atomic E-state index is 12.5. The number of piperazine rings is 1. The third-order valence-corrected chi connectivity index (χ3v) is 4.74. The van der Waals surface area contributed by atoms with Crippen LogP contribution in [0.2, 0.25) is 0 Å². The van der Waals surface area contributed by atoms with Crippen LogP contribution in [0.4, 0.5) is 5.82 Å². The van der Waals surface area contributed by atoms with Crippen LogP contribution >= 0.6 is 11.3 Å². The number of rotatable bonds is 3. The molecule has 0 radical (unpaired) electrons. The number of aryl methyl sites for hydroxylation is 1. The Morgan fingerprint density at radius 3 is 2.61 bits per heavy atom. The molecule has 0 aromatic carbocycles. The molecule has 0 saturated carbocycles. The average Bonchev–Trinajstić information content (AvgIpc) is 3.18. The van der Waals surface area contributed by atoms with E-state index in [1.807, 2.05) is 18.5 Å². The largest absolute Gasteiger partial charge is 0.335 e. The van der Waals surface area contributed by atoms with Crippen molar-refractivity contribution in [1.29, 1.82) is 0 Å². The van der Waals surface area contributed by atoms with Crippen molar-refractivity contribution in [3.8, 4) is 0 Å². The van der Waals surface area contributed by atoms with Crippen LogP contribution in [0.25, 0.3) is 0 Å². The van der Waals surface area contributed by atoms with Crippen LogP contribution in [0.3, 0.4) is 0 Å². The van der Waals surface area contributed by atoms with Gasteiger partial charge in [-0.3, -0.25) is 14.3 Å². The van der Waals surface area contributed by atoms with Gasteiger partial charge in [0, 0.05) is 39.3 Å². The lowest BCUT2D eigenvalue weighted by molar-refractivity contribution is 0.0657. The van der Waals surface area contributed by atoms with Crippen molar-refractivity contribution in [3.63, 3.8) is 0 Å². The highest BCUT2D eigenvalue weighted by molar-refractivity contribution is 7.12. The summed E-state index contributed by atoms with van der Waals surface area (Å²) in [5.74, 6) is 0.229. The van der Waals surface area contributed by atoms with E-state index in [0.717, 1.165) is 13.1 Å². The van der Waals surface area contributed by atoms with Crippen molar-refractivity contribution in [2.24, 2.45) is 7.05 Å². The number of amides is 2. The Balaban J connectivity index is 1.70. The van der Waals surface area contributed by atoms with E-state index >= 15 is 0 Å². The van der Waals surface area contributed by atoms with Crippen LogP contribution in [0.5, 0.6) is 0 Å². The number of anilines is 1. The van der Waals surface area contributed by atoms with Crippen molar-refractivity contribution < 1.29 is 9.59 Å². The molecular formula is C15H19N5O2S. The molecule has 23 heavy (non-hydrogen) atoms. The Kier molecular flexibility index (Phi) is 4.44. The zero-order valence-electron chi connectivity index (χ0n) is 13.2. The number of nitrogens with zero attached hydrogens (tertiary/aromatic N) is 4. The quantitative estimate of drug-likeness (QED) is 0.914. The second-order valence-electron chi connectivity index (χ2n) is 5.57. The fourth-order valence-electron chi connectivity index (χ4n) is 2.45. The molecule has 1 aliphatic heterocycles. The van der Waals surface area contributed by atoms with Crippen LogP contribution < -0.4 is 5.32 Å². The zero-order chi connectivity index (χ0) is 16.4. The summed E-state index contributed by atoms with van der Waals surface area (Å²) >= 11 is 1.37. The van der Waals surface area contributed by atoms with Crippen molar-refractivity contribution in [2.75, 3.05) is 38.5 Å². The number of hydrogen-bond acceptors (Lipinski definition) is 5. The molecule has 2 aromatic heterocycles. The van der Waals surface area contributed by atoms with Crippen molar-refractivity contribution in [3.05, 3.63) is 34.2 Å². The number of nitrogens with one attached hydrogen (secondary N) is 1. The summed E-state index contributed by atoms with van der Waals surface area (Å²) in [6.45, 7) is 3.12. The third kappa shape index (κ3) is 3.43. The Hall–Kier alpha value is -2.19. The lowest BCUT2D eigenvalue weighted by Crippen LogP contribution is -2.47. The standard InChI is InChI=1S/C15H19N5O2S/c1-18-5-7-20(8-6-18)15(22)11-10-13(19(2)17-11)16-14(21)12-4-3-9-23-12/h3-4,9-10H,5-8H2,1-2H3,(H,16,21). The predicted molar refractivity (Wildman–Crippen MR) is 88.9 cm³/mol. The molecule has 1 saturated heterocycles. The van der Waals surface area contributed by atoms with E-state index in [4.69, 9.17) is 0 Å². The molecule has 0 unspecified atom stereocenters. The van der Waals surface area contributed by atoms with Crippen LogP contribution in [-0.2, 0) is 7.05 Å². The smallest absolute Gasteiger partial charge is 0.274 e. The van der Waals surface area contributed by atoms with Crippen LogP contribution in [0, 0.1) is 0 Å². The molecule has 1 aliphatic rings. The Morgan fingerprint density at radius 2 is 1.96 bits per heavy atom. The topological polar surface area (TPSA) is 70.5 Å². The molecular weight excluding hydrogens is 314 g/mol. The molecule has 2 aromatic rings. The third-order valence-electron chi connectivity index (χ3n) is 3.88. The molecule has 0 bridgehead atoms. The van der Waals surface area contributed by atoms with E-state index < -0.39 is 0 Å². The number of thiophene rings is 1. The average molecular weight is 333 g/mol. The molecule has 122 valence electrons. The van der Waals surface area contributed by atoms with E-state index in [-0.39, 0.29) is 11.8 Å². The summed E-state index contributed by atoms with van der Waals surface area (Å²) in [4.78, 5) is 29.2. The monoisotopic (exact) mass is 333 g/mol. The van der Waals surface area contributed by atoms with Gasteiger partial charge in [-0.05, 0) is 18.5 Å². The lowest BCUT2D eigenvalue weighted by atomic mass is 10.3. The number of aromatic nitrogens is 2. The van der Waals surface area contributed by atoms with Gasteiger partial charge >= 0.3 is 0 Å². The summed E-state index contributed by atoms with van der Waals surface area (Å²) in [6, 6.07) is 5.21. The minimum absolute atomic E-state index is 0.0923. The predicted octanol–water partition coefficient (Wildman–Crippen LogP) is 1.12. The Bertz CT molecular complexity index is 702. The maximum absolute atomic E-state index is 12.5. The highest BCUT2D eigenvalue weighted by Gasteiger charge is 2.23. The first-order valence-electron chi connectivity index (χ1n) is 7.41. The number of carbonyl (C=O) groups is 2. The molecule has 8 heteroatoms. The fraction of sp³-hybridized carbons (Fsp3) is 0.400. The van der Waals surface area contributed by atoms with Gasteiger partial charge in [0.25, 0.3) is 11.8 Å². The first kappa shape index (κ1) is 15.7. The zero-order valence-corrected chi connectivity index (χ0v) is 14.0. The van der Waals surface area contributed by atoms with E-state index in [1.165, 1.54) is 16.0 Å². The molecule has 0 spiro atoms. The molecule has 1 N–H and O–H groups in total. The van der Waals surface area contributed by atoms with Gasteiger partial charge in [0.15, 0.2) is 5.69 Å². The van der Waals surface area contributed by atoms with E-state index in [0.29, 0.717) is 29.5 Å². The number of carbonyl (C=O) groups excluding carboxylic acids is 2. The van der Waals surface area contributed by atoms with Gasteiger partial charge in [0.1, 0.15) is 5.82 Å². The summed E-state index contributed by atoms with van der Waals surface area (Å²) in [7, 11) is 3.76. The Morgan fingerprint density at radius 1 is 1.22 bits per heavy atom. The van der Waals surface area contributed by atoms with Crippen molar-refractivity contribution in [1.82, 2.24) is 19.6 Å². The van der Waals surface area contributed by atoms with Gasteiger partial charge in [0.05, 0.1) is 4.88 Å². The molecule has 3 rings (SSSR count). The number of hydrogen-bond donors (Lipinski definition) is 1. The highest BCUT2D eigenvalue weighted by atomic mass is 32.1. The van der Waals surface area contributed by atoms with E-state index in [2.05, 4.69) is 15.3 Å². The molecule has 2 amide bonds. The van der Waals surface area contributed by atoms with Gasteiger partial charge < -0.3 is 15.1 Å². The van der Waals surface area contributed by atoms with Crippen molar-refractivity contribution in [2.45, 2.75) is 0 Å². The van der Waals surface area contributed by atoms with Gasteiger partial charge in [0.2, 0.25) is 0 Å². The second-order valence-corrected chi connectivity index (χ2v) is 6.51. The summed E-state index contributed by atoms with van der Waals surface area (Å²) < 4.78 is 1.52. The highest BCUT2D eigenvalue weighted by Crippen LogP contribution is 2.15. The molecule has 3 heterocycles. The SMILES string of the molecule is CN1CCN(C(=O)c2cc(NC(=O)c3cccs3)n(C)n2)CC1. The van der Waals surface area contributed by atoms with Gasteiger partial charge in [-0.15, -0.1) is 11.3 Å². The van der Waals surface area contributed by atoms with Gasteiger partial charge in [-0.1, -0.05) is 6.07 Å². The van der Waals surface area contributed by atoms with Crippen LogP contribution in [0.1, 0.15) is 20.2 Å². The van der Waals surface area contributed by atoms with Crippen LogP contribution in [0.15, 0.2) is 23.6 Å². The van der Waals surface area contributed by atoms with E-state index in [1.54, 1.807) is 24.1 Å². The fourth-order valence-corrected chi connectivity index (χ4v) is 3.06. The lowest BCUT2D eigenvalue weighted by Gasteiger charge is -2.31. The van der Waals surface area contributed by atoms with Crippen molar-refractivity contribution >= 4 is 29.0 Å².